The van der Waals surface area contributed by atoms with Gasteiger partial charge in [-0.15, -0.1) is 10.2 Å². The highest BCUT2D eigenvalue weighted by Crippen LogP contribution is 2.29. The zero-order chi connectivity index (χ0) is 19.7. The SMILES string of the molecule is COc1cccc(F)c1CNc1ccc(-c2ccc(F)nc2C)c2nncn12. The minimum absolute atomic E-state index is 0.222. The zero-order valence-electron chi connectivity index (χ0n) is 15.3. The summed E-state index contributed by atoms with van der Waals surface area (Å²) in [6.07, 6.45) is 1.56. The lowest BCUT2D eigenvalue weighted by Gasteiger charge is -2.14. The smallest absolute Gasteiger partial charge is 0.213 e. The number of anilines is 1. The van der Waals surface area contributed by atoms with Gasteiger partial charge >= 0.3 is 0 Å². The highest BCUT2D eigenvalue weighted by atomic mass is 19.1. The second-order valence-corrected chi connectivity index (χ2v) is 6.20. The molecule has 0 aliphatic rings. The molecule has 4 aromatic rings. The van der Waals surface area contributed by atoms with Crippen molar-refractivity contribution >= 4 is 11.5 Å². The molecule has 3 aromatic heterocycles. The third-order valence-corrected chi connectivity index (χ3v) is 4.54. The van der Waals surface area contributed by atoms with E-state index >= 15 is 0 Å². The van der Waals surface area contributed by atoms with Crippen LogP contribution in [0.15, 0.2) is 48.8 Å². The highest BCUT2D eigenvalue weighted by molar-refractivity contribution is 5.80. The molecule has 0 fully saturated rings. The minimum atomic E-state index is -0.532. The lowest BCUT2D eigenvalue weighted by Crippen LogP contribution is -2.07. The fourth-order valence-corrected chi connectivity index (χ4v) is 3.16. The van der Waals surface area contributed by atoms with Crippen molar-refractivity contribution in [1.29, 1.82) is 0 Å². The van der Waals surface area contributed by atoms with Crippen LogP contribution in [0.3, 0.4) is 0 Å². The van der Waals surface area contributed by atoms with Crippen molar-refractivity contribution in [3.05, 3.63) is 71.8 Å². The Morgan fingerprint density at radius 3 is 2.68 bits per heavy atom. The number of benzene rings is 1. The van der Waals surface area contributed by atoms with E-state index in [2.05, 4.69) is 20.5 Å². The van der Waals surface area contributed by atoms with Gasteiger partial charge in [0.1, 0.15) is 23.7 Å². The molecule has 8 heteroatoms. The molecule has 0 radical (unpaired) electrons. The normalized spacial score (nSPS) is 11.0. The first-order valence-electron chi connectivity index (χ1n) is 8.60. The molecular formula is C20H17F2N5O. The number of fused-ring (bicyclic) bond motifs is 1. The molecule has 142 valence electrons. The monoisotopic (exact) mass is 381 g/mol. The van der Waals surface area contributed by atoms with Gasteiger partial charge in [0.05, 0.1) is 7.11 Å². The van der Waals surface area contributed by atoms with Crippen molar-refractivity contribution in [1.82, 2.24) is 19.6 Å². The average Bonchev–Trinajstić information content (AvgIpc) is 3.17. The van der Waals surface area contributed by atoms with Gasteiger partial charge in [-0.1, -0.05) is 6.07 Å². The van der Waals surface area contributed by atoms with Crippen molar-refractivity contribution in [3.63, 3.8) is 0 Å². The highest BCUT2D eigenvalue weighted by Gasteiger charge is 2.14. The van der Waals surface area contributed by atoms with E-state index in [1.807, 2.05) is 12.1 Å². The number of hydrogen-bond acceptors (Lipinski definition) is 5. The molecule has 4 rings (SSSR count). The average molecular weight is 381 g/mol. The molecule has 0 bridgehead atoms. The van der Waals surface area contributed by atoms with Gasteiger partial charge in [-0.2, -0.15) is 4.39 Å². The summed E-state index contributed by atoms with van der Waals surface area (Å²) in [7, 11) is 1.50. The Kier molecular flexibility index (Phi) is 4.60. The zero-order valence-corrected chi connectivity index (χ0v) is 15.3. The summed E-state index contributed by atoms with van der Waals surface area (Å²) in [4.78, 5) is 3.87. The van der Waals surface area contributed by atoms with Gasteiger partial charge in [0.25, 0.3) is 0 Å². The summed E-state index contributed by atoms with van der Waals surface area (Å²) in [5.74, 6) is 0.270. The molecule has 0 saturated heterocycles. The van der Waals surface area contributed by atoms with Gasteiger partial charge < -0.3 is 10.1 Å². The van der Waals surface area contributed by atoms with Crippen molar-refractivity contribution in [2.45, 2.75) is 13.5 Å². The number of nitrogens with zero attached hydrogens (tertiary/aromatic N) is 4. The quantitative estimate of drug-likeness (QED) is 0.530. The lowest BCUT2D eigenvalue weighted by molar-refractivity contribution is 0.405. The summed E-state index contributed by atoms with van der Waals surface area (Å²) in [5, 5.41) is 11.4. The first-order chi connectivity index (χ1) is 13.6. The maximum absolute atomic E-state index is 14.2. The number of pyridine rings is 2. The Bertz CT molecular complexity index is 1160. The van der Waals surface area contributed by atoms with Crippen LogP contribution in [0.2, 0.25) is 0 Å². The number of nitrogens with one attached hydrogen (secondary N) is 1. The third kappa shape index (κ3) is 3.13. The first kappa shape index (κ1) is 17.8. The number of aromatic nitrogens is 4. The number of halogens is 2. The molecule has 0 saturated carbocycles. The summed E-state index contributed by atoms with van der Waals surface area (Å²) >= 11 is 0. The molecule has 1 N–H and O–H groups in total. The van der Waals surface area contributed by atoms with Crippen LogP contribution < -0.4 is 10.1 Å². The minimum Gasteiger partial charge on any atom is -0.496 e. The number of aryl methyl sites for hydroxylation is 1. The molecule has 0 aliphatic carbocycles. The topological polar surface area (TPSA) is 64.3 Å². The number of hydrogen-bond donors (Lipinski definition) is 1. The molecule has 0 spiro atoms. The molecule has 28 heavy (non-hydrogen) atoms. The number of rotatable bonds is 5. The van der Waals surface area contributed by atoms with E-state index in [0.717, 1.165) is 11.1 Å². The lowest BCUT2D eigenvalue weighted by atomic mass is 10.1. The van der Waals surface area contributed by atoms with E-state index in [9.17, 15) is 8.78 Å². The molecule has 0 aliphatic heterocycles. The standard InChI is InChI=1S/C20H17F2N5O/c1-12-13(6-8-18(22)25-12)14-7-9-19(27-11-24-26-20(14)27)23-10-15-16(21)4-3-5-17(15)28-2/h3-9,11,23H,10H2,1-2H3. The van der Waals surface area contributed by atoms with Crippen LogP contribution in [-0.4, -0.2) is 26.7 Å². The van der Waals surface area contributed by atoms with E-state index in [-0.39, 0.29) is 12.4 Å². The van der Waals surface area contributed by atoms with Gasteiger partial charge in [0.2, 0.25) is 5.95 Å². The van der Waals surface area contributed by atoms with Crippen LogP contribution >= 0.6 is 0 Å². The molecule has 0 amide bonds. The van der Waals surface area contributed by atoms with Crippen molar-refractivity contribution in [2.75, 3.05) is 12.4 Å². The molecule has 3 heterocycles. The Labute approximate surface area is 159 Å². The van der Waals surface area contributed by atoms with Gasteiger partial charge in [-0.3, -0.25) is 4.40 Å². The van der Waals surface area contributed by atoms with Crippen molar-refractivity contribution < 1.29 is 13.5 Å². The van der Waals surface area contributed by atoms with Gasteiger partial charge in [-0.05, 0) is 43.3 Å². The van der Waals surface area contributed by atoms with E-state index in [1.54, 1.807) is 35.9 Å². The van der Waals surface area contributed by atoms with E-state index in [4.69, 9.17) is 4.74 Å². The van der Waals surface area contributed by atoms with E-state index < -0.39 is 5.95 Å². The summed E-state index contributed by atoms with van der Waals surface area (Å²) in [6.45, 7) is 1.96. The van der Waals surface area contributed by atoms with Crippen molar-refractivity contribution in [3.8, 4) is 16.9 Å². The second-order valence-electron chi connectivity index (χ2n) is 6.20. The van der Waals surface area contributed by atoms with Gasteiger partial charge in [-0.25, -0.2) is 9.37 Å². The van der Waals surface area contributed by atoms with Crippen LogP contribution in [0.5, 0.6) is 5.75 Å². The summed E-state index contributed by atoms with van der Waals surface area (Å²) < 4.78 is 34.5. The fraction of sp³-hybridized carbons (Fsp3) is 0.150. The second kappa shape index (κ2) is 7.22. The summed E-state index contributed by atoms with van der Waals surface area (Å²) in [6, 6.07) is 11.4. The van der Waals surface area contributed by atoms with Crippen LogP contribution in [0, 0.1) is 18.7 Å². The molecule has 0 unspecified atom stereocenters. The van der Waals surface area contributed by atoms with Crippen LogP contribution in [0.4, 0.5) is 14.6 Å². The Morgan fingerprint density at radius 1 is 1.07 bits per heavy atom. The maximum Gasteiger partial charge on any atom is 0.213 e. The first-order valence-corrected chi connectivity index (χ1v) is 8.60. The number of ether oxygens (including phenoxy) is 1. The van der Waals surface area contributed by atoms with E-state index in [0.29, 0.717) is 28.5 Å². The molecule has 0 atom stereocenters. The van der Waals surface area contributed by atoms with Crippen LogP contribution in [-0.2, 0) is 6.54 Å². The van der Waals surface area contributed by atoms with Gasteiger partial charge in [0, 0.05) is 28.9 Å². The van der Waals surface area contributed by atoms with Crippen LogP contribution in [0.1, 0.15) is 11.3 Å². The van der Waals surface area contributed by atoms with Crippen LogP contribution in [0.25, 0.3) is 16.8 Å². The molecular weight excluding hydrogens is 364 g/mol. The van der Waals surface area contributed by atoms with Gasteiger partial charge in [0.15, 0.2) is 5.65 Å². The molecule has 1 aromatic carbocycles. The third-order valence-electron chi connectivity index (χ3n) is 4.54. The Hall–Kier alpha value is -3.55. The predicted molar refractivity (Wildman–Crippen MR) is 101 cm³/mol. The predicted octanol–water partition coefficient (Wildman–Crippen LogP) is 4.00. The van der Waals surface area contributed by atoms with Crippen molar-refractivity contribution in [2.24, 2.45) is 0 Å². The Morgan fingerprint density at radius 2 is 1.89 bits per heavy atom. The largest absolute Gasteiger partial charge is 0.496 e. The number of methoxy groups -OCH3 is 1. The van der Waals surface area contributed by atoms with E-state index in [1.165, 1.54) is 19.2 Å². The fourth-order valence-electron chi connectivity index (χ4n) is 3.16. The molecule has 6 nitrogen and oxygen atoms in total. The Balaban J connectivity index is 1.70. The summed E-state index contributed by atoms with van der Waals surface area (Å²) in [5.41, 5.74) is 3.11. The maximum atomic E-state index is 14.2.